The second-order valence-corrected chi connectivity index (χ2v) is 6.86. The van der Waals surface area contributed by atoms with Crippen molar-refractivity contribution in [1.29, 1.82) is 0 Å². The van der Waals surface area contributed by atoms with Crippen molar-refractivity contribution in [3.8, 4) is 10.9 Å². The summed E-state index contributed by atoms with van der Waals surface area (Å²) in [5.41, 5.74) is 1.88. The molecule has 1 aliphatic rings. The SMILES string of the molecule is Oc1nc2c(N3CCC(Oc4ccccc4F)CC3)cccc2s1. The van der Waals surface area contributed by atoms with Crippen LogP contribution in [0.3, 0.4) is 0 Å². The van der Waals surface area contributed by atoms with Crippen LogP contribution in [-0.2, 0) is 0 Å². The fraction of sp³-hybridized carbons (Fsp3) is 0.278. The summed E-state index contributed by atoms with van der Waals surface area (Å²) >= 11 is 1.29. The van der Waals surface area contributed by atoms with Crippen LogP contribution in [0.5, 0.6) is 10.9 Å². The molecule has 0 atom stereocenters. The maximum Gasteiger partial charge on any atom is 0.271 e. The Kier molecular flexibility index (Phi) is 3.98. The highest BCUT2D eigenvalue weighted by Crippen LogP contribution is 2.34. The Balaban J connectivity index is 1.47. The summed E-state index contributed by atoms with van der Waals surface area (Å²) < 4.78 is 20.5. The largest absolute Gasteiger partial charge is 0.487 e. The molecular formula is C18H17FN2O2S. The lowest BCUT2D eigenvalue weighted by molar-refractivity contribution is 0.164. The Hall–Kier alpha value is -2.34. The normalized spacial score (nSPS) is 15.8. The van der Waals surface area contributed by atoms with E-state index >= 15 is 0 Å². The average Bonchev–Trinajstić information content (AvgIpc) is 2.98. The Morgan fingerprint density at radius 1 is 1.12 bits per heavy atom. The van der Waals surface area contributed by atoms with Crippen LogP contribution in [0.25, 0.3) is 10.2 Å². The van der Waals surface area contributed by atoms with Gasteiger partial charge in [0, 0.05) is 25.9 Å². The minimum absolute atomic E-state index is 0.0150. The van der Waals surface area contributed by atoms with Crippen molar-refractivity contribution in [2.75, 3.05) is 18.0 Å². The number of piperidine rings is 1. The number of hydrogen-bond acceptors (Lipinski definition) is 5. The second kappa shape index (κ2) is 6.28. The number of para-hydroxylation sites is 2. The highest BCUT2D eigenvalue weighted by Gasteiger charge is 2.23. The second-order valence-electron chi connectivity index (χ2n) is 5.86. The molecule has 24 heavy (non-hydrogen) atoms. The molecule has 6 heteroatoms. The molecule has 0 amide bonds. The summed E-state index contributed by atoms with van der Waals surface area (Å²) in [6.07, 6.45) is 1.66. The summed E-state index contributed by atoms with van der Waals surface area (Å²) in [4.78, 5) is 6.49. The number of benzene rings is 2. The Morgan fingerprint density at radius 2 is 1.92 bits per heavy atom. The molecule has 0 radical (unpaired) electrons. The maximum atomic E-state index is 13.7. The number of halogens is 1. The molecule has 4 rings (SSSR count). The van der Waals surface area contributed by atoms with E-state index in [2.05, 4.69) is 9.88 Å². The van der Waals surface area contributed by atoms with E-state index in [0.717, 1.165) is 41.8 Å². The van der Waals surface area contributed by atoms with Crippen LogP contribution in [0, 0.1) is 5.82 Å². The minimum atomic E-state index is -0.317. The Bertz CT molecular complexity index is 859. The van der Waals surface area contributed by atoms with Gasteiger partial charge < -0.3 is 14.7 Å². The minimum Gasteiger partial charge on any atom is -0.487 e. The highest BCUT2D eigenvalue weighted by molar-refractivity contribution is 7.20. The molecule has 1 saturated heterocycles. The van der Waals surface area contributed by atoms with Crippen molar-refractivity contribution in [1.82, 2.24) is 4.98 Å². The van der Waals surface area contributed by atoms with Gasteiger partial charge in [0.15, 0.2) is 11.6 Å². The summed E-state index contributed by atoms with van der Waals surface area (Å²) in [5.74, 6) is 0.00474. The molecule has 3 aromatic rings. The number of aromatic nitrogens is 1. The molecule has 0 saturated carbocycles. The third kappa shape index (κ3) is 2.89. The van der Waals surface area contributed by atoms with E-state index in [1.54, 1.807) is 18.2 Å². The van der Waals surface area contributed by atoms with E-state index in [1.165, 1.54) is 17.4 Å². The van der Waals surface area contributed by atoms with Gasteiger partial charge in [-0.05, 0) is 24.3 Å². The van der Waals surface area contributed by atoms with Crippen molar-refractivity contribution in [2.24, 2.45) is 0 Å². The topological polar surface area (TPSA) is 45.6 Å². The van der Waals surface area contributed by atoms with E-state index in [1.807, 2.05) is 18.2 Å². The van der Waals surface area contributed by atoms with Crippen molar-refractivity contribution in [3.05, 3.63) is 48.3 Å². The van der Waals surface area contributed by atoms with Crippen molar-refractivity contribution < 1.29 is 14.2 Å². The highest BCUT2D eigenvalue weighted by atomic mass is 32.1. The van der Waals surface area contributed by atoms with E-state index in [-0.39, 0.29) is 17.1 Å². The first-order chi connectivity index (χ1) is 11.7. The van der Waals surface area contributed by atoms with Crippen LogP contribution in [0.2, 0.25) is 0 Å². The van der Waals surface area contributed by atoms with Crippen LogP contribution < -0.4 is 9.64 Å². The molecule has 1 N–H and O–H groups in total. The molecule has 4 nitrogen and oxygen atoms in total. The standard InChI is InChI=1S/C18H17FN2O2S/c19-13-4-1-2-6-15(13)23-12-8-10-21(11-9-12)14-5-3-7-16-17(14)20-18(22)24-16/h1-7,12H,8-11H2,(H,20,22). The van der Waals surface area contributed by atoms with E-state index in [9.17, 15) is 9.50 Å². The first-order valence-electron chi connectivity index (χ1n) is 7.95. The van der Waals surface area contributed by atoms with Crippen LogP contribution >= 0.6 is 11.3 Å². The number of nitrogens with zero attached hydrogens (tertiary/aromatic N) is 2. The zero-order chi connectivity index (χ0) is 16.5. The van der Waals surface area contributed by atoms with Crippen LogP contribution in [0.15, 0.2) is 42.5 Å². The summed E-state index contributed by atoms with van der Waals surface area (Å²) in [6, 6.07) is 12.5. The number of thiazole rings is 1. The molecule has 2 heterocycles. The summed E-state index contributed by atoms with van der Waals surface area (Å²) in [7, 11) is 0. The van der Waals surface area contributed by atoms with Gasteiger partial charge in [-0.25, -0.2) is 9.37 Å². The van der Waals surface area contributed by atoms with Gasteiger partial charge in [-0.3, -0.25) is 0 Å². The van der Waals surface area contributed by atoms with E-state index < -0.39 is 0 Å². The average molecular weight is 344 g/mol. The molecule has 1 aromatic heterocycles. The van der Waals surface area contributed by atoms with Gasteiger partial charge in [-0.1, -0.05) is 29.5 Å². The molecule has 0 spiro atoms. The van der Waals surface area contributed by atoms with Gasteiger partial charge in [0.2, 0.25) is 0 Å². The molecule has 0 unspecified atom stereocenters. The van der Waals surface area contributed by atoms with Gasteiger partial charge in [0.05, 0.1) is 10.4 Å². The fourth-order valence-electron chi connectivity index (χ4n) is 3.11. The molecule has 0 aliphatic carbocycles. The smallest absolute Gasteiger partial charge is 0.271 e. The zero-order valence-electron chi connectivity index (χ0n) is 13.0. The van der Waals surface area contributed by atoms with Gasteiger partial charge in [0.25, 0.3) is 5.19 Å². The predicted molar refractivity (Wildman–Crippen MR) is 93.5 cm³/mol. The van der Waals surface area contributed by atoms with Gasteiger partial charge in [-0.2, -0.15) is 0 Å². The lowest BCUT2D eigenvalue weighted by atomic mass is 10.1. The fourth-order valence-corrected chi connectivity index (χ4v) is 3.84. The third-order valence-corrected chi connectivity index (χ3v) is 5.12. The van der Waals surface area contributed by atoms with Crippen molar-refractivity contribution >= 4 is 27.2 Å². The third-order valence-electron chi connectivity index (χ3n) is 4.30. The lowest BCUT2D eigenvalue weighted by Gasteiger charge is -2.33. The first-order valence-corrected chi connectivity index (χ1v) is 8.77. The first kappa shape index (κ1) is 15.2. The predicted octanol–water partition coefficient (Wildman–Crippen LogP) is 4.19. The Labute approximate surface area is 143 Å². The van der Waals surface area contributed by atoms with E-state index in [4.69, 9.17) is 4.74 Å². The number of rotatable bonds is 3. The van der Waals surface area contributed by atoms with Crippen LogP contribution in [-0.4, -0.2) is 29.3 Å². The van der Waals surface area contributed by atoms with Crippen LogP contribution in [0.4, 0.5) is 10.1 Å². The maximum absolute atomic E-state index is 13.7. The van der Waals surface area contributed by atoms with E-state index in [0.29, 0.717) is 5.75 Å². The molecule has 1 fully saturated rings. The van der Waals surface area contributed by atoms with Crippen molar-refractivity contribution in [2.45, 2.75) is 18.9 Å². The van der Waals surface area contributed by atoms with Gasteiger partial charge in [0.1, 0.15) is 11.6 Å². The summed E-state index contributed by atoms with van der Waals surface area (Å²) in [6.45, 7) is 1.63. The zero-order valence-corrected chi connectivity index (χ0v) is 13.8. The van der Waals surface area contributed by atoms with Crippen LogP contribution in [0.1, 0.15) is 12.8 Å². The molecule has 2 aromatic carbocycles. The van der Waals surface area contributed by atoms with Gasteiger partial charge in [-0.15, -0.1) is 0 Å². The number of anilines is 1. The number of ether oxygens (including phenoxy) is 1. The quantitative estimate of drug-likeness (QED) is 0.774. The number of hydrogen-bond donors (Lipinski definition) is 1. The summed E-state index contributed by atoms with van der Waals surface area (Å²) in [5, 5.41) is 9.74. The number of aromatic hydroxyl groups is 1. The molecule has 1 aliphatic heterocycles. The molecule has 0 bridgehead atoms. The molecular weight excluding hydrogens is 327 g/mol. The van der Waals surface area contributed by atoms with Crippen molar-refractivity contribution in [3.63, 3.8) is 0 Å². The molecule has 124 valence electrons. The Morgan fingerprint density at radius 3 is 2.71 bits per heavy atom. The van der Waals surface area contributed by atoms with Gasteiger partial charge >= 0.3 is 0 Å². The lowest BCUT2D eigenvalue weighted by Crippen LogP contribution is -2.38. The number of fused-ring (bicyclic) bond motifs is 1. The monoisotopic (exact) mass is 344 g/mol.